The fraction of sp³-hybridized carbons (Fsp3) is 0. The number of carbonyl (C=O) groups excluding carboxylic acids is 1. The second-order valence-electron chi connectivity index (χ2n) is 4.22. The summed E-state index contributed by atoms with van der Waals surface area (Å²) in [5, 5.41) is 0.834. The highest BCUT2D eigenvalue weighted by Crippen LogP contribution is 2.29. The van der Waals surface area contributed by atoms with Gasteiger partial charge in [-0.15, -0.1) is 0 Å². The summed E-state index contributed by atoms with van der Waals surface area (Å²) in [7, 11) is 0. The van der Waals surface area contributed by atoms with Crippen molar-refractivity contribution in [1.82, 2.24) is 0 Å². The summed E-state index contributed by atoms with van der Waals surface area (Å²) in [6.45, 7) is 0. The Morgan fingerprint density at radius 3 is 2.55 bits per heavy atom. The lowest BCUT2D eigenvalue weighted by Crippen LogP contribution is -2.00. The third kappa shape index (κ3) is 2.31. The highest BCUT2D eigenvalue weighted by molar-refractivity contribution is 9.11. The predicted octanol–water partition coefficient (Wildman–Crippen LogP) is 5.33. The molecule has 1 aromatic heterocycles. The van der Waals surface area contributed by atoms with E-state index < -0.39 is 5.82 Å². The Labute approximate surface area is 130 Å². The van der Waals surface area contributed by atoms with Crippen LogP contribution in [-0.4, -0.2) is 5.78 Å². The van der Waals surface area contributed by atoms with Crippen molar-refractivity contribution >= 4 is 48.6 Å². The first-order valence-corrected chi connectivity index (χ1v) is 7.32. The van der Waals surface area contributed by atoms with Gasteiger partial charge in [-0.05, 0) is 62.2 Å². The molecule has 3 aromatic rings. The Balaban J connectivity index is 2.10. The van der Waals surface area contributed by atoms with Crippen LogP contribution in [0, 0.1) is 5.82 Å². The van der Waals surface area contributed by atoms with Gasteiger partial charge in [0.1, 0.15) is 11.4 Å². The van der Waals surface area contributed by atoms with Crippen LogP contribution in [0.5, 0.6) is 0 Å². The van der Waals surface area contributed by atoms with Crippen molar-refractivity contribution in [3.63, 3.8) is 0 Å². The van der Waals surface area contributed by atoms with Gasteiger partial charge in [-0.1, -0.05) is 12.1 Å². The van der Waals surface area contributed by atoms with Gasteiger partial charge >= 0.3 is 0 Å². The van der Waals surface area contributed by atoms with Gasteiger partial charge in [-0.2, -0.15) is 0 Å². The Morgan fingerprint density at radius 1 is 1.05 bits per heavy atom. The van der Waals surface area contributed by atoms with Crippen LogP contribution < -0.4 is 0 Å². The number of rotatable bonds is 2. The van der Waals surface area contributed by atoms with Gasteiger partial charge in [-0.3, -0.25) is 4.79 Å². The van der Waals surface area contributed by atoms with Crippen LogP contribution in [-0.2, 0) is 0 Å². The summed E-state index contributed by atoms with van der Waals surface area (Å²) in [4.78, 5) is 12.4. The maximum Gasteiger partial charge on any atom is 0.229 e. The predicted molar refractivity (Wildman–Crippen MR) is 81.4 cm³/mol. The van der Waals surface area contributed by atoms with Crippen LogP contribution >= 0.6 is 31.9 Å². The number of halogens is 3. The molecule has 0 aliphatic carbocycles. The number of para-hydroxylation sites is 1. The largest absolute Gasteiger partial charge is 0.451 e. The molecular formula is C15H7Br2FO2. The van der Waals surface area contributed by atoms with Crippen molar-refractivity contribution in [2.75, 3.05) is 0 Å². The van der Waals surface area contributed by atoms with E-state index in [9.17, 15) is 9.18 Å². The monoisotopic (exact) mass is 396 g/mol. The molecular weight excluding hydrogens is 391 g/mol. The molecule has 0 aliphatic heterocycles. The van der Waals surface area contributed by atoms with Crippen LogP contribution in [0.1, 0.15) is 16.1 Å². The van der Waals surface area contributed by atoms with Crippen LogP contribution in [0.3, 0.4) is 0 Å². The lowest BCUT2D eigenvalue weighted by Gasteiger charge is -2.01. The Kier molecular flexibility index (Phi) is 3.48. The lowest BCUT2D eigenvalue weighted by molar-refractivity contribution is 0.101. The SMILES string of the molecule is O=C(c1cc2cccc(Br)c2o1)c1ccc(F)cc1Br. The number of benzene rings is 2. The maximum atomic E-state index is 13.1. The van der Waals surface area contributed by atoms with Gasteiger partial charge in [0, 0.05) is 15.4 Å². The molecule has 3 rings (SSSR count). The first-order valence-electron chi connectivity index (χ1n) is 5.74. The summed E-state index contributed by atoms with van der Waals surface area (Å²) >= 11 is 6.57. The molecule has 0 amide bonds. The molecule has 0 spiro atoms. The summed E-state index contributed by atoms with van der Waals surface area (Å²) in [6, 6.07) is 11.2. The van der Waals surface area contributed by atoms with Crippen molar-refractivity contribution < 1.29 is 13.6 Å². The van der Waals surface area contributed by atoms with Gasteiger partial charge in [0.05, 0.1) is 4.47 Å². The van der Waals surface area contributed by atoms with E-state index in [0.29, 0.717) is 15.6 Å². The molecule has 5 heteroatoms. The van der Waals surface area contributed by atoms with Crippen molar-refractivity contribution in [3.8, 4) is 0 Å². The molecule has 0 atom stereocenters. The molecule has 0 aliphatic rings. The normalized spacial score (nSPS) is 10.9. The van der Waals surface area contributed by atoms with Gasteiger partial charge in [0.25, 0.3) is 0 Å². The second kappa shape index (κ2) is 5.14. The number of hydrogen-bond donors (Lipinski definition) is 0. The molecule has 0 unspecified atom stereocenters. The number of hydrogen-bond acceptors (Lipinski definition) is 2. The molecule has 0 fully saturated rings. The quantitative estimate of drug-likeness (QED) is 0.547. The van der Waals surface area contributed by atoms with E-state index >= 15 is 0 Å². The smallest absolute Gasteiger partial charge is 0.229 e. The minimum atomic E-state index is -0.402. The van der Waals surface area contributed by atoms with E-state index in [2.05, 4.69) is 31.9 Å². The molecule has 0 N–H and O–H groups in total. The highest BCUT2D eigenvalue weighted by atomic mass is 79.9. The first kappa shape index (κ1) is 13.5. The summed E-state index contributed by atoms with van der Waals surface area (Å²) in [6.07, 6.45) is 0. The van der Waals surface area contributed by atoms with Gasteiger partial charge in [-0.25, -0.2) is 4.39 Å². The molecule has 20 heavy (non-hydrogen) atoms. The first-order chi connectivity index (χ1) is 9.56. The topological polar surface area (TPSA) is 30.2 Å². The molecule has 0 saturated heterocycles. The fourth-order valence-electron chi connectivity index (χ4n) is 1.95. The maximum absolute atomic E-state index is 13.1. The van der Waals surface area contributed by atoms with E-state index in [0.717, 1.165) is 9.86 Å². The van der Waals surface area contributed by atoms with E-state index in [4.69, 9.17) is 4.42 Å². The van der Waals surface area contributed by atoms with Crippen LogP contribution in [0.2, 0.25) is 0 Å². The zero-order chi connectivity index (χ0) is 14.3. The van der Waals surface area contributed by atoms with Gasteiger partial charge < -0.3 is 4.42 Å². The average Bonchev–Trinajstić information content (AvgIpc) is 2.83. The minimum absolute atomic E-state index is 0.221. The summed E-state index contributed by atoms with van der Waals surface area (Å²) < 4.78 is 19.8. The molecule has 0 bridgehead atoms. The van der Waals surface area contributed by atoms with Crippen molar-refractivity contribution in [3.05, 3.63) is 68.6 Å². The van der Waals surface area contributed by atoms with Crippen molar-refractivity contribution in [2.24, 2.45) is 0 Å². The zero-order valence-corrected chi connectivity index (χ0v) is 13.2. The van der Waals surface area contributed by atoms with E-state index in [1.165, 1.54) is 18.2 Å². The molecule has 100 valence electrons. The molecule has 0 radical (unpaired) electrons. The van der Waals surface area contributed by atoms with Crippen molar-refractivity contribution in [2.45, 2.75) is 0 Å². The summed E-state index contributed by atoms with van der Waals surface area (Å²) in [5.74, 6) is -0.472. The zero-order valence-electron chi connectivity index (χ0n) is 9.99. The summed E-state index contributed by atoms with van der Waals surface area (Å²) in [5.41, 5.74) is 0.982. The molecule has 1 heterocycles. The molecule has 0 saturated carbocycles. The molecule has 2 aromatic carbocycles. The average molecular weight is 398 g/mol. The third-order valence-electron chi connectivity index (χ3n) is 2.90. The third-order valence-corrected chi connectivity index (χ3v) is 4.18. The number of ketones is 1. The van der Waals surface area contributed by atoms with E-state index in [-0.39, 0.29) is 11.5 Å². The van der Waals surface area contributed by atoms with Crippen LogP contribution in [0.15, 0.2) is 55.8 Å². The fourth-order valence-corrected chi connectivity index (χ4v) is 2.94. The standard InChI is InChI=1S/C15H7Br2FO2/c16-11-3-1-2-8-6-13(20-15(8)11)14(19)10-5-4-9(18)7-12(10)17/h1-7H. The van der Waals surface area contributed by atoms with Crippen molar-refractivity contribution in [1.29, 1.82) is 0 Å². The second-order valence-corrected chi connectivity index (χ2v) is 5.93. The minimum Gasteiger partial charge on any atom is -0.451 e. The Morgan fingerprint density at radius 2 is 1.85 bits per heavy atom. The number of furan rings is 1. The molecule has 2 nitrogen and oxygen atoms in total. The van der Waals surface area contributed by atoms with Gasteiger partial charge in [0.15, 0.2) is 5.76 Å². The van der Waals surface area contributed by atoms with Crippen LogP contribution in [0.4, 0.5) is 4.39 Å². The van der Waals surface area contributed by atoms with E-state index in [1.54, 1.807) is 6.07 Å². The Bertz CT molecular complexity index is 824. The van der Waals surface area contributed by atoms with Gasteiger partial charge in [0.2, 0.25) is 5.78 Å². The lowest BCUT2D eigenvalue weighted by atomic mass is 10.1. The highest BCUT2D eigenvalue weighted by Gasteiger charge is 2.18. The van der Waals surface area contributed by atoms with Crippen LogP contribution in [0.25, 0.3) is 11.0 Å². The number of carbonyl (C=O) groups is 1. The Hall–Kier alpha value is -1.46. The van der Waals surface area contributed by atoms with E-state index in [1.807, 2.05) is 18.2 Å². The number of fused-ring (bicyclic) bond motifs is 1.